The second kappa shape index (κ2) is 9.49. The van der Waals surface area contributed by atoms with E-state index in [-0.39, 0.29) is 17.5 Å². The number of hydrogen-bond donors (Lipinski definition) is 3. The number of aromatic amines is 1. The lowest BCUT2D eigenvalue weighted by Crippen LogP contribution is -2.18. The summed E-state index contributed by atoms with van der Waals surface area (Å²) in [4.78, 5) is 31.2. The Bertz CT molecular complexity index is 1400. The van der Waals surface area contributed by atoms with Crippen molar-refractivity contribution in [3.05, 3.63) is 89.9 Å². The Labute approximate surface area is 189 Å². The number of carbonyl (C=O) groups is 2. The zero-order valence-electron chi connectivity index (χ0n) is 17.6. The molecule has 2 heterocycles. The molecule has 4 aromatic rings. The molecule has 0 bridgehead atoms. The molecule has 0 saturated heterocycles. The van der Waals surface area contributed by atoms with E-state index in [1.54, 1.807) is 60.8 Å². The summed E-state index contributed by atoms with van der Waals surface area (Å²) in [5.74, 6) is 0.426. The molecule has 4 rings (SSSR count). The molecule has 2 aromatic carbocycles. The number of nitrogens with zero attached hydrogens (tertiary/aromatic N) is 2. The first-order valence-corrected chi connectivity index (χ1v) is 10.0. The summed E-state index contributed by atoms with van der Waals surface area (Å²) < 4.78 is 5.76. The second-order valence-corrected chi connectivity index (χ2v) is 7.02. The van der Waals surface area contributed by atoms with E-state index in [2.05, 4.69) is 26.7 Å². The van der Waals surface area contributed by atoms with E-state index in [0.717, 1.165) is 16.5 Å². The molecule has 2 amide bonds. The summed E-state index contributed by atoms with van der Waals surface area (Å²) in [7, 11) is 1.53. The number of nitriles is 1. The van der Waals surface area contributed by atoms with Crippen LogP contribution in [0.3, 0.4) is 0 Å². The van der Waals surface area contributed by atoms with Gasteiger partial charge in [-0.2, -0.15) is 5.26 Å². The molecule has 33 heavy (non-hydrogen) atoms. The van der Waals surface area contributed by atoms with Gasteiger partial charge in [-0.25, -0.2) is 0 Å². The molecule has 0 aliphatic rings. The molecular weight excluding hydrogens is 418 g/mol. The fourth-order valence-corrected chi connectivity index (χ4v) is 3.17. The second-order valence-electron chi connectivity index (χ2n) is 7.02. The van der Waals surface area contributed by atoms with Crippen molar-refractivity contribution >= 4 is 34.5 Å². The van der Waals surface area contributed by atoms with Gasteiger partial charge in [-0.1, -0.05) is 0 Å². The fourth-order valence-electron chi connectivity index (χ4n) is 3.17. The fraction of sp³-hybridized carbons (Fsp3) is 0.0400. The zero-order chi connectivity index (χ0) is 23.2. The van der Waals surface area contributed by atoms with Crippen LogP contribution in [0, 0.1) is 11.3 Å². The average Bonchev–Trinajstić information content (AvgIpc) is 3.25. The number of fused-ring (bicyclic) bond motifs is 1. The van der Waals surface area contributed by atoms with E-state index in [1.807, 2.05) is 6.07 Å². The van der Waals surface area contributed by atoms with Crippen LogP contribution in [0.2, 0.25) is 0 Å². The number of ether oxygens (including phenoxy) is 1. The van der Waals surface area contributed by atoms with Gasteiger partial charge in [0.05, 0.1) is 11.6 Å². The van der Waals surface area contributed by atoms with Crippen molar-refractivity contribution in [1.29, 1.82) is 5.26 Å². The summed E-state index contributed by atoms with van der Waals surface area (Å²) in [6.45, 7) is 0. The van der Waals surface area contributed by atoms with Crippen molar-refractivity contribution in [3.63, 3.8) is 0 Å². The number of carbonyl (C=O) groups excluding carboxylic acids is 2. The third-order valence-electron chi connectivity index (χ3n) is 4.81. The van der Waals surface area contributed by atoms with Crippen LogP contribution >= 0.6 is 0 Å². The third-order valence-corrected chi connectivity index (χ3v) is 4.81. The van der Waals surface area contributed by atoms with Crippen molar-refractivity contribution in [2.45, 2.75) is 0 Å². The third kappa shape index (κ3) is 5.06. The Morgan fingerprint density at radius 3 is 2.67 bits per heavy atom. The number of anilines is 1. The van der Waals surface area contributed by atoms with Gasteiger partial charge in [0.1, 0.15) is 17.2 Å². The largest absolute Gasteiger partial charge is 0.457 e. The molecule has 0 saturated carbocycles. The number of nitrogens with one attached hydrogen (secondary N) is 3. The standard InChI is InChI=1S/C25H19N5O3/c1-27-25(32)23-13-20(10-11-28-23)33-19-6-4-18(5-7-19)30-24(31)9-3-17-15-29-22-8-2-16(14-26)12-21(17)22/h2-13,15,29H,1H3,(H,27,32)(H,30,31). The maximum absolute atomic E-state index is 12.3. The molecule has 0 fully saturated rings. The van der Waals surface area contributed by atoms with E-state index in [0.29, 0.717) is 22.7 Å². The van der Waals surface area contributed by atoms with Crippen molar-refractivity contribution < 1.29 is 14.3 Å². The Hall–Kier alpha value is -4.90. The van der Waals surface area contributed by atoms with Gasteiger partial charge in [0.15, 0.2) is 0 Å². The highest BCUT2D eigenvalue weighted by Crippen LogP contribution is 2.24. The van der Waals surface area contributed by atoms with Crippen molar-refractivity contribution in [2.75, 3.05) is 12.4 Å². The van der Waals surface area contributed by atoms with Gasteiger partial charge < -0.3 is 20.4 Å². The van der Waals surface area contributed by atoms with Gasteiger partial charge in [0, 0.05) is 48.2 Å². The SMILES string of the molecule is CNC(=O)c1cc(Oc2ccc(NC(=O)C=Cc3c[nH]c4ccc(C#N)cc34)cc2)ccn1. The van der Waals surface area contributed by atoms with E-state index in [1.165, 1.54) is 19.3 Å². The maximum atomic E-state index is 12.3. The first-order valence-electron chi connectivity index (χ1n) is 10.0. The van der Waals surface area contributed by atoms with Crippen LogP contribution in [-0.2, 0) is 4.79 Å². The van der Waals surface area contributed by atoms with Gasteiger partial charge >= 0.3 is 0 Å². The van der Waals surface area contributed by atoms with Crippen molar-refractivity contribution in [2.24, 2.45) is 0 Å². The number of benzene rings is 2. The number of H-pyrrole nitrogens is 1. The molecule has 2 aromatic heterocycles. The van der Waals surface area contributed by atoms with Gasteiger partial charge in [-0.3, -0.25) is 14.6 Å². The highest BCUT2D eigenvalue weighted by molar-refractivity contribution is 6.03. The lowest BCUT2D eigenvalue weighted by Gasteiger charge is -2.08. The van der Waals surface area contributed by atoms with Crippen LogP contribution in [-0.4, -0.2) is 28.8 Å². The first kappa shape index (κ1) is 21.3. The number of hydrogen-bond acceptors (Lipinski definition) is 5. The maximum Gasteiger partial charge on any atom is 0.269 e. The molecular formula is C25H19N5O3. The predicted octanol–water partition coefficient (Wildman–Crippen LogP) is 4.24. The van der Waals surface area contributed by atoms with Crippen LogP contribution < -0.4 is 15.4 Å². The molecule has 0 aliphatic heterocycles. The highest BCUT2D eigenvalue weighted by atomic mass is 16.5. The van der Waals surface area contributed by atoms with Gasteiger partial charge in [0.2, 0.25) is 5.91 Å². The minimum absolute atomic E-state index is 0.254. The highest BCUT2D eigenvalue weighted by Gasteiger charge is 2.07. The predicted molar refractivity (Wildman–Crippen MR) is 125 cm³/mol. The molecule has 0 atom stereocenters. The first-order chi connectivity index (χ1) is 16.1. The monoisotopic (exact) mass is 437 g/mol. The Kier molecular flexibility index (Phi) is 6.14. The Morgan fingerprint density at radius 1 is 1.09 bits per heavy atom. The molecule has 3 N–H and O–H groups in total. The summed E-state index contributed by atoms with van der Waals surface area (Å²) in [5, 5.41) is 15.3. The zero-order valence-corrected chi connectivity index (χ0v) is 17.6. The molecule has 162 valence electrons. The van der Waals surface area contributed by atoms with E-state index in [4.69, 9.17) is 10.00 Å². The Morgan fingerprint density at radius 2 is 1.91 bits per heavy atom. The van der Waals surface area contributed by atoms with E-state index in [9.17, 15) is 9.59 Å². The lowest BCUT2D eigenvalue weighted by atomic mass is 10.1. The quantitative estimate of drug-likeness (QED) is 0.390. The topological polar surface area (TPSA) is 120 Å². The molecule has 8 heteroatoms. The lowest BCUT2D eigenvalue weighted by molar-refractivity contribution is -0.111. The summed E-state index contributed by atoms with van der Waals surface area (Å²) in [5.41, 5.74) is 3.11. The van der Waals surface area contributed by atoms with Gasteiger partial charge in [0.25, 0.3) is 5.91 Å². The molecule has 8 nitrogen and oxygen atoms in total. The van der Waals surface area contributed by atoms with Crippen molar-refractivity contribution in [1.82, 2.24) is 15.3 Å². The van der Waals surface area contributed by atoms with Crippen molar-refractivity contribution in [3.8, 4) is 17.6 Å². The van der Waals surface area contributed by atoms with Crippen LogP contribution in [0.1, 0.15) is 21.6 Å². The van der Waals surface area contributed by atoms with E-state index < -0.39 is 0 Å². The van der Waals surface area contributed by atoms with Gasteiger partial charge in [-0.05, 0) is 60.2 Å². The summed E-state index contributed by atoms with van der Waals surface area (Å²) in [6, 6.07) is 17.5. The average molecular weight is 437 g/mol. The molecule has 0 spiro atoms. The number of rotatable bonds is 6. The van der Waals surface area contributed by atoms with Crippen LogP contribution in [0.5, 0.6) is 11.5 Å². The summed E-state index contributed by atoms with van der Waals surface area (Å²) >= 11 is 0. The Balaban J connectivity index is 1.40. The number of aromatic nitrogens is 2. The van der Waals surface area contributed by atoms with Crippen LogP contribution in [0.25, 0.3) is 17.0 Å². The minimum Gasteiger partial charge on any atom is -0.457 e. The number of amides is 2. The van der Waals surface area contributed by atoms with Crippen LogP contribution in [0.15, 0.2) is 73.1 Å². The molecule has 0 unspecified atom stereocenters. The van der Waals surface area contributed by atoms with Crippen LogP contribution in [0.4, 0.5) is 5.69 Å². The normalized spacial score (nSPS) is 10.7. The number of pyridine rings is 1. The van der Waals surface area contributed by atoms with Gasteiger partial charge in [-0.15, -0.1) is 0 Å². The van der Waals surface area contributed by atoms with E-state index >= 15 is 0 Å². The smallest absolute Gasteiger partial charge is 0.269 e. The molecule has 0 aliphatic carbocycles. The molecule has 0 radical (unpaired) electrons. The summed E-state index contributed by atoms with van der Waals surface area (Å²) in [6.07, 6.45) is 6.41. The minimum atomic E-state index is -0.301.